The van der Waals surface area contributed by atoms with Crippen molar-refractivity contribution in [3.63, 3.8) is 0 Å². The largest absolute Gasteiger partial charge is 0.240 e. The molecule has 1 N–H and O–H groups in total. The van der Waals surface area contributed by atoms with Gasteiger partial charge in [0.1, 0.15) is 0 Å². The van der Waals surface area contributed by atoms with Crippen LogP contribution in [0.1, 0.15) is 64.4 Å². The molecular formula is C20H31NO2S. The molecule has 0 heterocycles. The van der Waals surface area contributed by atoms with Crippen molar-refractivity contribution >= 4 is 10.0 Å². The minimum Gasteiger partial charge on any atom is -0.207 e. The zero-order chi connectivity index (χ0) is 17.6. The van der Waals surface area contributed by atoms with Gasteiger partial charge in [-0.3, -0.25) is 0 Å². The minimum atomic E-state index is -3.46. The van der Waals surface area contributed by atoms with Crippen LogP contribution < -0.4 is 4.72 Å². The van der Waals surface area contributed by atoms with Gasteiger partial charge in [0.05, 0.1) is 4.90 Å². The van der Waals surface area contributed by atoms with Crippen LogP contribution in [0, 0.1) is 12.8 Å². The third-order valence-corrected chi connectivity index (χ3v) is 6.46. The number of benzene rings is 1. The first-order valence-electron chi connectivity index (χ1n) is 9.17. The van der Waals surface area contributed by atoms with E-state index in [1.54, 1.807) is 12.1 Å². The topological polar surface area (TPSA) is 46.2 Å². The minimum absolute atomic E-state index is 0.000553. The Morgan fingerprint density at radius 1 is 1.21 bits per heavy atom. The van der Waals surface area contributed by atoms with Crippen LogP contribution in [0.3, 0.4) is 0 Å². The molecule has 1 aromatic rings. The number of aryl methyl sites for hydroxylation is 1. The molecule has 1 unspecified atom stereocenters. The lowest BCUT2D eigenvalue weighted by molar-refractivity contribution is 0.288. The van der Waals surface area contributed by atoms with E-state index in [2.05, 4.69) is 24.6 Å². The number of nitrogens with one attached hydrogen (secondary N) is 1. The Bertz CT molecular complexity index is 641. The summed E-state index contributed by atoms with van der Waals surface area (Å²) in [7, 11) is -3.46. The quantitative estimate of drug-likeness (QED) is 0.707. The summed E-state index contributed by atoms with van der Waals surface area (Å²) in [5, 5.41) is 0. The Morgan fingerprint density at radius 2 is 1.83 bits per heavy atom. The highest BCUT2D eigenvalue weighted by molar-refractivity contribution is 7.89. The molecule has 2 rings (SSSR count). The van der Waals surface area contributed by atoms with Crippen LogP contribution in [0.4, 0.5) is 0 Å². The fraction of sp³-hybridized carbons (Fsp3) is 0.600. The van der Waals surface area contributed by atoms with Gasteiger partial charge in [0.15, 0.2) is 0 Å². The average Bonchev–Trinajstić information content (AvgIpc) is 2.55. The summed E-state index contributed by atoms with van der Waals surface area (Å²) in [6.45, 7) is 6.20. The fourth-order valence-electron chi connectivity index (χ4n) is 3.60. The number of allylic oxidation sites excluding steroid dienone is 1. The van der Waals surface area contributed by atoms with E-state index in [0.717, 1.165) is 31.2 Å². The van der Waals surface area contributed by atoms with Crippen molar-refractivity contribution in [1.29, 1.82) is 0 Å². The molecule has 0 radical (unpaired) electrons. The van der Waals surface area contributed by atoms with E-state index in [1.807, 2.05) is 19.1 Å². The van der Waals surface area contributed by atoms with Gasteiger partial charge in [-0.2, -0.15) is 0 Å². The maximum absolute atomic E-state index is 12.8. The molecule has 3 nitrogen and oxygen atoms in total. The molecule has 0 aromatic heterocycles. The van der Waals surface area contributed by atoms with Gasteiger partial charge in [0.2, 0.25) is 10.0 Å². The van der Waals surface area contributed by atoms with Gasteiger partial charge >= 0.3 is 0 Å². The lowest BCUT2D eigenvalue weighted by atomic mass is 9.82. The first-order chi connectivity index (χ1) is 11.4. The molecular weight excluding hydrogens is 318 g/mol. The molecule has 4 heteroatoms. The van der Waals surface area contributed by atoms with Crippen LogP contribution in [0.5, 0.6) is 0 Å². The second kappa shape index (κ2) is 8.82. The van der Waals surface area contributed by atoms with Crippen molar-refractivity contribution in [3.8, 4) is 0 Å². The Labute approximate surface area is 147 Å². The van der Waals surface area contributed by atoms with E-state index in [0.29, 0.717) is 10.8 Å². The van der Waals surface area contributed by atoms with Crippen molar-refractivity contribution in [2.45, 2.75) is 76.7 Å². The number of rotatable bonds is 7. The van der Waals surface area contributed by atoms with Crippen molar-refractivity contribution in [2.75, 3.05) is 0 Å². The highest BCUT2D eigenvalue weighted by Crippen LogP contribution is 2.30. The maximum Gasteiger partial charge on any atom is 0.240 e. The maximum atomic E-state index is 12.8. The lowest BCUT2D eigenvalue weighted by Crippen LogP contribution is -2.41. The molecule has 0 amide bonds. The van der Waals surface area contributed by atoms with E-state index < -0.39 is 10.0 Å². The third-order valence-electron chi connectivity index (χ3n) is 4.95. The van der Waals surface area contributed by atoms with Gasteiger partial charge in [-0.05, 0) is 57.6 Å². The van der Waals surface area contributed by atoms with Crippen molar-refractivity contribution in [2.24, 2.45) is 5.92 Å². The molecule has 0 saturated heterocycles. The predicted octanol–water partition coefficient (Wildman–Crippen LogP) is 4.97. The number of hydrogen-bond donors (Lipinski definition) is 1. The standard InChI is InChI=1S/C20H31NO2S/c1-4-8-17(3)15-20(18-9-6-5-7-10-18)21-24(22,23)19-13-11-16(2)12-14-19/h8,11-14,18,20-21H,4-7,9-10,15H2,1-3H3/b17-8+. The zero-order valence-electron chi connectivity index (χ0n) is 15.2. The van der Waals surface area contributed by atoms with Crippen LogP contribution in [0.25, 0.3) is 0 Å². The molecule has 1 saturated carbocycles. The summed E-state index contributed by atoms with van der Waals surface area (Å²) in [4.78, 5) is 0.367. The smallest absolute Gasteiger partial charge is 0.207 e. The Balaban J connectivity index is 2.19. The highest BCUT2D eigenvalue weighted by Gasteiger charge is 2.28. The van der Waals surface area contributed by atoms with Crippen molar-refractivity contribution in [3.05, 3.63) is 41.5 Å². The van der Waals surface area contributed by atoms with E-state index in [9.17, 15) is 8.42 Å². The first kappa shape index (κ1) is 19.2. The molecule has 1 aromatic carbocycles. The average molecular weight is 350 g/mol. The molecule has 134 valence electrons. The molecule has 1 atom stereocenters. The van der Waals surface area contributed by atoms with Crippen molar-refractivity contribution < 1.29 is 8.42 Å². The lowest BCUT2D eigenvalue weighted by Gasteiger charge is -2.31. The van der Waals surface area contributed by atoms with Crippen LogP contribution in [-0.4, -0.2) is 14.5 Å². The van der Waals surface area contributed by atoms with E-state index in [-0.39, 0.29) is 6.04 Å². The van der Waals surface area contributed by atoms with E-state index >= 15 is 0 Å². The van der Waals surface area contributed by atoms with Gasteiger partial charge in [-0.1, -0.05) is 55.5 Å². The molecule has 1 aliphatic rings. The third kappa shape index (κ3) is 5.45. The first-order valence-corrected chi connectivity index (χ1v) is 10.7. The van der Waals surface area contributed by atoms with Crippen LogP contribution in [0.15, 0.2) is 40.8 Å². The Morgan fingerprint density at radius 3 is 2.42 bits per heavy atom. The molecule has 0 bridgehead atoms. The molecule has 1 fully saturated rings. The Kier molecular flexibility index (Phi) is 7.05. The van der Waals surface area contributed by atoms with Gasteiger partial charge in [-0.25, -0.2) is 13.1 Å². The second-order valence-electron chi connectivity index (χ2n) is 7.10. The van der Waals surface area contributed by atoms with Crippen LogP contribution in [-0.2, 0) is 10.0 Å². The summed E-state index contributed by atoms with van der Waals surface area (Å²) in [5.41, 5.74) is 2.35. The van der Waals surface area contributed by atoms with E-state index in [1.165, 1.54) is 24.8 Å². The fourth-order valence-corrected chi connectivity index (χ4v) is 4.91. The molecule has 24 heavy (non-hydrogen) atoms. The summed E-state index contributed by atoms with van der Waals surface area (Å²) in [6, 6.07) is 7.10. The molecule has 0 spiro atoms. The van der Waals surface area contributed by atoms with Crippen LogP contribution >= 0.6 is 0 Å². The highest BCUT2D eigenvalue weighted by atomic mass is 32.2. The van der Waals surface area contributed by atoms with Crippen molar-refractivity contribution in [1.82, 2.24) is 4.72 Å². The Hall–Kier alpha value is -1.13. The summed E-state index contributed by atoms with van der Waals surface area (Å²) < 4.78 is 28.6. The number of hydrogen-bond acceptors (Lipinski definition) is 2. The normalized spacial score (nSPS) is 18.5. The van der Waals surface area contributed by atoms with Gasteiger partial charge in [0.25, 0.3) is 0 Å². The van der Waals surface area contributed by atoms with E-state index in [4.69, 9.17) is 0 Å². The van der Waals surface area contributed by atoms with Gasteiger partial charge < -0.3 is 0 Å². The second-order valence-corrected chi connectivity index (χ2v) is 8.82. The van der Waals surface area contributed by atoms with Gasteiger partial charge in [-0.15, -0.1) is 0 Å². The summed E-state index contributed by atoms with van der Waals surface area (Å²) >= 11 is 0. The SMILES string of the molecule is CC/C=C(\C)CC(NS(=O)(=O)c1ccc(C)cc1)C1CCCCC1. The van der Waals surface area contributed by atoms with Gasteiger partial charge in [0, 0.05) is 6.04 Å². The molecule has 0 aliphatic heterocycles. The summed E-state index contributed by atoms with van der Waals surface area (Å²) in [5.74, 6) is 0.444. The summed E-state index contributed by atoms with van der Waals surface area (Å²) in [6.07, 6.45) is 9.96. The number of sulfonamides is 1. The van der Waals surface area contributed by atoms with Crippen LogP contribution in [0.2, 0.25) is 0 Å². The molecule has 1 aliphatic carbocycles. The monoisotopic (exact) mass is 349 g/mol. The predicted molar refractivity (Wildman–Crippen MR) is 101 cm³/mol. The zero-order valence-corrected chi connectivity index (χ0v) is 16.0.